The molecule has 24 heavy (non-hydrogen) atoms. The monoisotopic (exact) mass is 347 g/mol. The quantitative estimate of drug-likeness (QED) is 0.751. The fourth-order valence-electron chi connectivity index (χ4n) is 2.78. The first-order valence-electron chi connectivity index (χ1n) is 8.03. The van der Waals surface area contributed by atoms with Gasteiger partial charge in [0.2, 0.25) is 6.29 Å². The molecular formula is C18H21NO4S. The first-order chi connectivity index (χ1) is 11.6. The van der Waals surface area contributed by atoms with Crippen molar-refractivity contribution in [3.05, 3.63) is 60.2 Å². The van der Waals surface area contributed by atoms with Crippen LogP contribution >= 0.6 is 0 Å². The van der Waals surface area contributed by atoms with Crippen molar-refractivity contribution in [2.45, 2.75) is 25.4 Å². The van der Waals surface area contributed by atoms with E-state index in [-0.39, 0.29) is 5.75 Å². The van der Waals surface area contributed by atoms with Gasteiger partial charge in [-0.25, -0.2) is 4.18 Å². The van der Waals surface area contributed by atoms with Crippen LogP contribution in [0.2, 0.25) is 0 Å². The van der Waals surface area contributed by atoms with Gasteiger partial charge in [-0.3, -0.25) is 0 Å². The molecule has 5 nitrogen and oxygen atoms in total. The van der Waals surface area contributed by atoms with E-state index in [1.54, 1.807) is 24.3 Å². The molecule has 2 aromatic carbocycles. The van der Waals surface area contributed by atoms with E-state index in [9.17, 15) is 8.42 Å². The number of ether oxygens (including phenoxy) is 1. The van der Waals surface area contributed by atoms with Gasteiger partial charge in [0, 0.05) is 6.54 Å². The Kier molecular flexibility index (Phi) is 5.06. The van der Waals surface area contributed by atoms with Crippen molar-refractivity contribution in [3.63, 3.8) is 0 Å². The summed E-state index contributed by atoms with van der Waals surface area (Å²) in [7, 11) is -3.73. The lowest BCUT2D eigenvalue weighted by Crippen LogP contribution is -2.43. The Balaban J connectivity index is 1.73. The van der Waals surface area contributed by atoms with Crippen LogP contribution < -0.4 is 9.64 Å². The van der Waals surface area contributed by atoms with Gasteiger partial charge >= 0.3 is 0 Å². The van der Waals surface area contributed by atoms with Gasteiger partial charge in [-0.05, 0) is 24.1 Å². The molecule has 0 spiro atoms. The smallest absolute Gasteiger partial charge is 0.274 e. The third-order valence-electron chi connectivity index (χ3n) is 3.77. The van der Waals surface area contributed by atoms with Crippen LogP contribution in [-0.2, 0) is 20.1 Å². The zero-order valence-electron chi connectivity index (χ0n) is 13.6. The number of para-hydroxylation sites is 2. The summed E-state index contributed by atoms with van der Waals surface area (Å²) >= 11 is 0. The Bertz CT molecular complexity index is 777. The summed E-state index contributed by atoms with van der Waals surface area (Å²) in [6, 6.07) is 16.6. The molecule has 1 heterocycles. The Morgan fingerprint density at radius 2 is 1.83 bits per heavy atom. The van der Waals surface area contributed by atoms with Gasteiger partial charge in [0.15, 0.2) is 0 Å². The number of nitrogens with zero attached hydrogens (tertiary/aromatic N) is 1. The van der Waals surface area contributed by atoms with E-state index in [1.807, 2.05) is 30.3 Å². The Hall–Kier alpha value is -2.05. The van der Waals surface area contributed by atoms with Crippen LogP contribution in [-0.4, -0.2) is 27.8 Å². The van der Waals surface area contributed by atoms with Gasteiger partial charge in [0.25, 0.3) is 10.1 Å². The molecule has 0 N–H and O–H groups in total. The van der Waals surface area contributed by atoms with Crippen molar-refractivity contribution >= 4 is 15.8 Å². The van der Waals surface area contributed by atoms with Crippen LogP contribution in [0.15, 0.2) is 54.6 Å². The Morgan fingerprint density at radius 3 is 2.58 bits per heavy atom. The highest BCUT2D eigenvalue weighted by molar-refractivity contribution is 7.85. The second-order valence-corrected chi connectivity index (χ2v) is 7.34. The van der Waals surface area contributed by atoms with Crippen LogP contribution in [0.5, 0.6) is 5.75 Å². The molecule has 0 fully saturated rings. The summed E-state index contributed by atoms with van der Waals surface area (Å²) in [5.74, 6) is 0.487. The van der Waals surface area contributed by atoms with Crippen LogP contribution in [0.25, 0.3) is 0 Å². The molecule has 0 amide bonds. The molecule has 6 heteroatoms. The lowest BCUT2D eigenvalue weighted by molar-refractivity contribution is 0.0109. The number of hydrogen-bond acceptors (Lipinski definition) is 5. The van der Waals surface area contributed by atoms with Crippen molar-refractivity contribution in [3.8, 4) is 5.75 Å². The number of hydrogen-bond donors (Lipinski definition) is 0. The summed E-state index contributed by atoms with van der Waals surface area (Å²) < 4.78 is 35.7. The second-order valence-electron chi connectivity index (χ2n) is 5.74. The summed E-state index contributed by atoms with van der Waals surface area (Å²) in [4.78, 5) is 2.10. The minimum Gasteiger partial charge on any atom is -0.460 e. The second kappa shape index (κ2) is 7.23. The van der Waals surface area contributed by atoms with Crippen LogP contribution in [0.4, 0.5) is 5.69 Å². The minimum absolute atomic E-state index is 0.164. The average molecular weight is 347 g/mol. The Labute approximate surface area is 142 Å². The maximum absolute atomic E-state index is 12.3. The number of benzene rings is 2. The van der Waals surface area contributed by atoms with Gasteiger partial charge in [0.05, 0.1) is 12.2 Å². The van der Waals surface area contributed by atoms with Gasteiger partial charge in [-0.15, -0.1) is 0 Å². The standard InChI is InChI=1S/C18H21NO4S/c1-2-12-19-13-18(22-17-11-7-6-10-16(17)19)23-24(20,21)14-15-8-4-3-5-9-15/h3-11,18H,2,12-14H2,1H3. The summed E-state index contributed by atoms with van der Waals surface area (Å²) in [6.45, 7) is 3.29. The van der Waals surface area contributed by atoms with Crippen molar-refractivity contribution in [1.82, 2.24) is 0 Å². The predicted octanol–water partition coefficient (Wildman–Crippen LogP) is 3.17. The van der Waals surface area contributed by atoms with E-state index in [0.29, 0.717) is 17.9 Å². The first-order valence-corrected chi connectivity index (χ1v) is 9.60. The van der Waals surface area contributed by atoms with Gasteiger partial charge in [-0.1, -0.05) is 49.4 Å². The van der Waals surface area contributed by atoms with Gasteiger partial charge < -0.3 is 9.64 Å². The molecule has 128 valence electrons. The molecule has 0 saturated carbocycles. The zero-order chi connectivity index (χ0) is 17.0. The molecule has 3 rings (SSSR count). The van der Waals surface area contributed by atoms with E-state index < -0.39 is 16.4 Å². The molecule has 0 radical (unpaired) electrons. The highest BCUT2D eigenvalue weighted by Gasteiger charge is 2.29. The molecule has 0 saturated heterocycles. The van der Waals surface area contributed by atoms with Gasteiger partial charge in [-0.2, -0.15) is 8.42 Å². The van der Waals surface area contributed by atoms with E-state index in [2.05, 4.69) is 11.8 Å². The van der Waals surface area contributed by atoms with E-state index in [1.165, 1.54) is 0 Å². The fourth-order valence-corrected chi connectivity index (χ4v) is 3.88. The molecule has 0 aliphatic carbocycles. The molecule has 0 aromatic heterocycles. The number of fused-ring (bicyclic) bond motifs is 1. The minimum atomic E-state index is -3.73. The first kappa shape index (κ1) is 16.8. The summed E-state index contributed by atoms with van der Waals surface area (Å²) in [5.41, 5.74) is 1.67. The predicted molar refractivity (Wildman–Crippen MR) is 93.5 cm³/mol. The highest BCUT2D eigenvalue weighted by atomic mass is 32.2. The van der Waals surface area contributed by atoms with Crippen molar-refractivity contribution < 1.29 is 17.3 Å². The SMILES string of the molecule is CCCN1CC(OS(=O)(=O)Cc2ccccc2)Oc2ccccc21. The largest absolute Gasteiger partial charge is 0.460 e. The topological polar surface area (TPSA) is 55.8 Å². The molecule has 1 unspecified atom stereocenters. The maximum atomic E-state index is 12.3. The fraction of sp³-hybridized carbons (Fsp3) is 0.333. The summed E-state index contributed by atoms with van der Waals surface area (Å²) in [5, 5.41) is 0. The van der Waals surface area contributed by atoms with Gasteiger partial charge in [0.1, 0.15) is 11.5 Å². The number of rotatable bonds is 6. The van der Waals surface area contributed by atoms with Crippen molar-refractivity contribution in [1.29, 1.82) is 0 Å². The average Bonchev–Trinajstić information content (AvgIpc) is 2.55. The molecule has 2 aromatic rings. The Morgan fingerprint density at radius 1 is 1.12 bits per heavy atom. The van der Waals surface area contributed by atoms with Crippen molar-refractivity contribution in [2.75, 3.05) is 18.0 Å². The normalized spacial score (nSPS) is 17.2. The zero-order valence-corrected chi connectivity index (χ0v) is 14.4. The third-order valence-corrected chi connectivity index (χ3v) is 4.96. The van der Waals surface area contributed by atoms with E-state index >= 15 is 0 Å². The van der Waals surface area contributed by atoms with Crippen LogP contribution in [0, 0.1) is 0 Å². The molecule has 1 aliphatic rings. The third kappa shape index (κ3) is 4.07. The summed E-state index contributed by atoms with van der Waals surface area (Å²) in [6.07, 6.45) is 0.123. The maximum Gasteiger partial charge on any atom is 0.274 e. The van der Waals surface area contributed by atoms with E-state index in [0.717, 1.165) is 18.7 Å². The number of anilines is 1. The molecular weight excluding hydrogens is 326 g/mol. The van der Waals surface area contributed by atoms with Crippen LogP contribution in [0.1, 0.15) is 18.9 Å². The molecule has 0 bridgehead atoms. The van der Waals surface area contributed by atoms with Crippen LogP contribution in [0.3, 0.4) is 0 Å². The lowest BCUT2D eigenvalue weighted by atomic mass is 10.2. The van der Waals surface area contributed by atoms with Crippen molar-refractivity contribution in [2.24, 2.45) is 0 Å². The molecule has 1 atom stereocenters. The molecule has 1 aliphatic heterocycles. The van der Waals surface area contributed by atoms with E-state index in [4.69, 9.17) is 8.92 Å². The highest BCUT2D eigenvalue weighted by Crippen LogP contribution is 2.33. The lowest BCUT2D eigenvalue weighted by Gasteiger charge is -2.35.